The third-order valence-electron chi connectivity index (χ3n) is 3.08. The Labute approximate surface area is 128 Å². The van der Waals surface area contributed by atoms with Gasteiger partial charge in [-0.3, -0.25) is 9.78 Å². The molecule has 6 heteroatoms. The third kappa shape index (κ3) is 4.51. The molecule has 0 bridgehead atoms. The predicted octanol–water partition coefficient (Wildman–Crippen LogP) is 1.84. The zero-order valence-corrected chi connectivity index (χ0v) is 12.6. The number of hydrogen-bond acceptors (Lipinski definition) is 5. The summed E-state index contributed by atoms with van der Waals surface area (Å²) in [7, 11) is 0. The maximum absolute atomic E-state index is 11.9. The molecule has 0 aliphatic heterocycles. The Morgan fingerprint density at radius 1 is 1.32 bits per heavy atom. The van der Waals surface area contributed by atoms with E-state index < -0.39 is 5.97 Å². The fourth-order valence-corrected chi connectivity index (χ4v) is 1.99. The van der Waals surface area contributed by atoms with Gasteiger partial charge in [0.2, 0.25) is 0 Å². The Balaban J connectivity index is 1.84. The summed E-state index contributed by atoms with van der Waals surface area (Å²) in [6.07, 6.45) is 5.80. The van der Waals surface area contributed by atoms with Gasteiger partial charge in [0, 0.05) is 25.0 Å². The summed E-state index contributed by atoms with van der Waals surface area (Å²) in [6.45, 7) is 2.74. The lowest BCUT2D eigenvalue weighted by Gasteiger charge is -2.06. The van der Waals surface area contributed by atoms with Crippen molar-refractivity contribution in [2.75, 3.05) is 6.61 Å². The van der Waals surface area contributed by atoms with Gasteiger partial charge in [-0.2, -0.15) is 5.10 Å². The van der Waals surface area contributed by atoms with E-state index in [9.17, 15) is 9.59 Å². The first-order valence-corrected chi connectivity index (χ1v) is 7.35. The van der Waals surface area contributed by atoms with Crippen LogP contribution in [0.15, 0.2) is 41.5 Å². The van der Waals surface area contributed by atoms with Crippen LogP contribution in [0.5, 0.6) is 0 Å². The minimum Gasteiger partial charge on any atom is -0.461 e. The van der Waals surface area contributed by atoms with Crippen molar-refractivity contribution in [2.24, 2.45) is 0 Å². The number of aryl methyl sites for hydroxylation is 2. The average molecular weight is 301 g/mol. The minimum absolute atomic E-state index is 0.162. The Bertz CT molecular complexity index is 668. The van der Waals surface area contributed by atoms with Crippen LogP contribution in [0.2, 0.25) is 0 Å². The van der Waals surface area contributed by atoms with Crippen molar-refractivity contribution in [2.45, 2.75) is 32.7 Å². The number of carbonyl (C=O) groups is 1. The number of hydrogen-bond donors (Lipinski definition) is 0. The summed E-state index contributed by atoms with van der Waals surface area (Å²) >= 11 is 0. The fraction of sp³-hybridized carbons (Fsp3) is 0.375. The molecule has 0 aliphatic carbocycles. The number of aromatic nitrogens is 3. The number of pyridine rings is 1. The molecule has 0 N–H and O–H groups in total. The maximum atomic E-state index is 11.9. The first-order chi connectivity index (χ1) is 10.7. The van der Waals surface area contributed by atoms with Crippen LogP contribution in [0.25, 0.3) is 0 Å². The Morgan fingerprint density at radius 3 is 2.91 bits per heavy atom. The van der Waals surface area contributed by atoms with E-state index in [0.717, 1.165) is 18.4 Å². The van der Waals surface area contributed by atoms with Crippen molar-refractivity contribution in [3.63, 3.8) is 0 Å². The molecule has 2 aromatic rings. The zero-order valence-electron chi connectivity index (χ0n) is 12.6. The van der Waals surface area contributed by atoms with Gasteiger partial charge in [0.25, 0.3) is 5.56 Å². The molecule has 22 heavy (non-hydrogen) atoms. The Hall–Kier alpha value is -2.50. The molecule has 0 fully saturated rings. The van der Waals surface area contributed by atoms with Gasteiger partial charge >= 0.3 is 5.97 Å². The summed E-state index contributed by atoms with van der Waals surface area (Å²) in [5.74, 6) is -0.504. The average Bonchev–Trinajstić information content (AvgIpc) is 2.54. The van der Waals surface area contributed by atoms with Crippen molar-refractivity contribution < 1.29 is 9.53 Å². The predicted molar refractivity (Wildman–Crippen MR) is 81.6 cm³/mol. The van der Waals surface area contributed by atoms with E-state index in [2.05, 4.69) is 10.1 Å². The molecule has 116 valence electrons. The summed E-state index contributed by atoms with van der Waals surface area (Å²) in [5.41, 5.74) is 1.05. The van der Waals surface area contributed by atoms with Crippen LogP contribution in [0.1, 0.15) is 35.8 Å². The molecule has 2 aromatic heterocycles. The minimum atomic E-state index is -0.504. The molecule has 0 aliphatic rings. The van der Waals surface area contributed by atoms with Gasteiger partial charge in [0.1, 0.15) is 0 Å². The van der Waals surface area contributed by atoms with E-state index in [0.29, 0.717) is 19.6 Å². The molecule has 0 amide bonds. The summed E-state index contributed by atoms with van der Waals surface area (Å²) in [5, 5.41) is 4.02. The fourth-order valence-electron chi connectivity index (χ4n) is 1.99. The molecule has 2 rings (SSSR count). The molecular weight excluding hydrogens is 282 g/mol. The third-order valence-corrected chi connectivity index (χ3v) is 3.08. The highest BCUT2D eigenvalue weighted by atomic mass is 16.5. The van der Waals surface area contributed by atoms with E-state index >= 15 is 0 Å². The molecule has 6 nitrogen and oxygen atoms in total. The molecular formula is C16H19N3O3. The second kappa shape index (κ2) is 8.07. The van der Waals surface area contributed by atoms with Crippen LogP contribution in [0, 0.1) is 0 Å². The molecule has 0 atom stereocenters. The number of nitrogens with zero attached hydrogens (tertiary/aromatic N) is 3. The van der Waals surface area contributed by atoms with E-state index in [1.807, 2.05) is 19.1 Å². The van der Waals surface area contributed by atoms with Gasteiger partial charge in [-0.15, -0.1) is 0 Å². The van der Waals surface area contributed by atoms with Crippen molar-refractivity contribution in [1.29, 1.82) is 0 Å². The van der Waals surface area contributed by atoms with E-state index in [1.54, 1.807) is 12.4 Å². The van der Waals surface area contributed by atoms with Crippen molar-refractivity contribution in [3.8, 4) is 0 Å². The lowest BCUT2D eigenvalue weighted by Crippen LogP contribution is -2.24. The van der Waals surface area contributed by atoms with Crippen LogP contribution in [0.3, 0.4) is 0 Å². The molecule has 0 unspecified atom stereocenters. The Kier molecular flexibility index (Phi) is 5.82. The lowest BCUT2D eigenvalue weighted by molar-refractivity contribution is 0.0490. The van der Waals surface area contributed by atoms with Crippen molar-refractivity contribution >= 4 is 5.97 Å². The molecule has 0 saturated heterocycles. The van der Waals surface area contributed by atoms with Gasteiger partial charge in [0.05, 0.1) is 6.61 Å². The van der Waals surface area contributed by atoms with Gasteiger partial charge in [0.15, 0.2) is 5.69 Å². The summed E-state index contributed by atoms with van der Waals surface area (Å²) in [6, 6.07) is 6.60. The maximum Gasteiger partial charge on any atom is 0.358 e. The first-order valence-electron chi connectivity index (χ1n) is 7.35. The normalized spacial score (nSPS) is 10.4. The van der Waals surface area contributed by atoms with Crippen LogP contribution in [-0.4, -0.2) is 27.3 Å². The van der Waals surface area contributed by atoms with Crippen molar-refractivity contribution in [3.05, 3.63) is 58.3 Å². The first kappa shape index (κ1) is 15.9. The highest BCUT2D eigenvalue weighted by Gasteiger charge is 2.10. The molecule has 0 radical (unpaired) electrons. The number of ether oxygens (including phenoxy) is 1. The lowest BCUT2D eigenvalue weighted by atomic mass is 10.2. The van der Waals surface area contributed by atoms with E-state index in [1.165, 1.54) is 16.8 Å². The zero-order chi connectivity index (χ0) is 15.8. The van der Waals surface area contributed by atoms with E-state index in [-0.39, 0.29) is 11.3 Å². The summed E-state index contributed by atoms with van der Waals surface area (Å²) in [4.78, 5) is 27.5. The van der Waals surface area contributed by atoms with Gasteiger partial charge in [-0.25, -0.2) is 9.48 Å². The van der Waals surface area contributed by atoms with Crippen molar-refractivity contribution in [1.82, 2.24) is 14.8 Å². The van der Waals surface area contributed by atoms with Gasteiger partial charge < -0.3 is 4.74 Å². The van der Waals surface area contributed by atoms with E-state index in [4.69, 9.17) is 4.74 Å². The summed E-state index contributed by atoms with van der Waals surface area (Å²) < 4.78 is 6.47. The largest absolute Gasteiger partial charge is 0.461 e. The second-order valence-electron chi connectivity index (χ2n) is 4.88. The van der Waals surface area contributed by atoms with Crippen LogP contribution >= 0.6 is 0 Å². The number of esters is 1. The highest BCUT2D eigenvalue weighted by molar-refractivity contribution is 5.86. The number of carbonyl (C=O) groups excluding carboxylic acids is 1. The van der Waals surface area contributed by atoms with Crippen LogP contribution < -0.4 is 5.56 Å². The standard InChI is InChI=1S/C16H19N3O3/c1-2-10-19-15(20)8-7-14(18-19)16(21)22-11-4-6-13-5-3-9-17-12-13/h3,5,7-9,12H,2,4,6,10-11H2,1H3. The van der Waals surface area contributed by atoms with Crippen LogP contribution in [0.4, 0.5) is 0 Å². The van der Waals surface area contributed by atoms with Gasteiger partial charge in [-0.1, -0.05) is 13.0 Å². The highest BCUT2D eigenvalue weighted by Crippen LogP contribution is 2.02. The monoisotopic (exact) mass is 301 g/mol. The smallest absolute Gasteiger partial charge is 0.358 e. The quantitative estimate of drug-likeness (QED) is 0.576. The molecule has 2 heterocycles. The molecule has 0 aromatic carbocycles. The SMILES string of the molecule is CCCn1nc(C(=O)OCCCc2cccnc2)ccc1=O. The van der Waals surface area contributed by atoms with Gasteiger partial charge in [-0.05, 0) is 37.0 Å². The second-order valence-corrected chi connectivity index (χ2v) is 4.88. The number of rotatable bonds is 7. The Morgan fingerprint density at radius 2 is 2.18 bits per heavy atom. The topological polar surface area (TPSA) is 74.1 Å². The molecule has 0 spiro atoms. The van der Waals surface area contributed by atoms with Crippen LogP contribution in [-0.2, 0) is 17.7 Å². The molecule has 0 saturated carbocycles.